The lowest BCUT2D eigenvalue weighted by Crippen LogP contribution is -2.05. The summed E-state index contributed by atoms with van der Waals surface area (Å²) < 4.78 is 0. The van der Waals surface area contributed by atoms with E-state index in [1.54, 1.807) is 18.5 Å². The summed E-state index contributed by atoms with van der Waals surface area (Å²) in [5, 5.41) is 9.54. The molecule has 2 heterocycles. The number of aromatic amines is 1. The minimum Gasteiger partial charge on any atom is -0.330 e. The predicted molar refractivity (Wildman–Crippen MR) is 61.0 cm³/mol. The zero-order chi connectivity index (χ0) is 12.3. The Morgan fingerprint density at radius 1 is 1.35 bits per heavy atom. The highest BCUT2D eigenvalue weighted by Gasteiger charge is 2.06. The van der Waals surface area contributed by atoms with Gasteiger partial charge in [0.25, 0.3) is 0 Å². The third kappa shape index (κ3) is 5.47. The van der Waals surface area contributed by atoms with Gasteiger partial charge >= 0.3 is 0 Å². The molecule has 0 saturated heterocycles. The molecule has 2 aromatic rings. The molecular formula is C10H14N6O. The van der Waals surface area contributed by atoms with Crippen molar-refractivity contribution in [2.45, 2.75) is 12.8 Å². The fraction of sp³-hybridized carbons (Fsp3) is 0.300. The molecule has 0 fully saturated rings. The molecule has 0 radical (unpaired) electrons. The van der Waals surface area contributed by atoms with Gasteiger partial charge in [0, 0.05) is 18.8 Å². The largest absolute Gasteiger partial charge is 0.330 e. The van der Waals surface area contributed by atoms with Crippen molar-refractivity contribution in [1.29, 1.82) is 0 Å². The maximum atomic E-state index is 11.1. The number of carbonyl (C=O) groups excluding carboxylic acids is 1. The van der Waals surface area contributed by atoms with E-state index in [0.717, 1.165) is 0 Å². The molecule has 0 bridgehead atoms. The molecule has 0 aliphatic rings. The van der Waals surface area contributed by atoms with Gasteiger partial charge < -0.3 is 5.73 Å². The molecule has 0 aromatic carbocycles. The van der Waals surface area contributed by atoms with E-state index in [-0.39, 0.29) is 5.78 Å². The quantitative estimate of drug-likeness (QED) is 0.731. The second-order valence-electron chi connectivity index (χ2n) is 3.07. The van der Waals surface area contributed by atoms with E-state index in [9.17, 15) is 4.79 Å². The molecule has 7 heteroatoms. The first kappa shape index (κ1) is 12.9. The normalized spacial score (nSPS) is 9.24. The number of hydrogen-bond donors (Lipinski definition) is 2. The number of ketones is 1. The van der Waals surface area contributed by atoms with Crippen LogP contribution in [0.15, 0.2) is 31.0 Å². The van der Waals surface area contributed by atoms with Crippen molar-refractivity contribution in [2.24, 2.45) is 5.73 Å². The first-order valence-corrected chi connectivity index (χ1v) is 5.13. The van der Waals surface area contributed by atoms with Crippen LogP contribution in [0.2, 0.25) is 0 Å². The Kier molecular flexibility index (Phi) is 6.12. The SMILES string of the molecule is NCCCC(=O)c1cn[nH]n1.c1cncnc1. The van der Waals surface area contributed by atoms with Gasteiger partial charge in [0.1, 0.15) is 12.0 Å². The molecule has 0 atom stereocenters. The molecule has 3 N–H and O–H groups in total. The summed E-state index contributed by atoms with van der Waals surface area (Å²) in [5.74, 6) is -0.01000. The van der Waals surface area contributed by atoms with Crippen LogP contribution in [0, 0.1) is 0 Å². The number of aromatic nitrogens is 5. The van der Waals surface area contributed by atoms with Gasteiger partial charge in [-0.15, -0.1) is 0 Å². The lowest BCUT2D eigenvalue weighted by Gasteiger charge is -1.91. The number of carbonyl (C=O) groups is 1. The first-order chi connectivity index (χ1) is 8.34. The number of rotatable bonds is 4. The highest BCUT2D eigenvalue weighted by Crippen LogP contribution is 1.97. The minimum atomic E-state index is -0.01000. The monoisotopic (exact) mass is 234 g/mol. The Labute approximate surface area is 98.5 Å². The van der Waals surface area contributed by atoms with Gasteiger partial charge in [0.05, 0.1) is 6.20 Å². The molecular weight excluding hydrogens is 220 g/mol. The van der Waals surface area contributed by atoms with Gasteiger partial charge in [-0.1, -0.05) is 0 Å². The van der Waals surface area contributed by atoms with Crippen molar-refractivity contribution in [3.63, 3.8) is 0 Å². The van der Waals surface area contributed by atoms with Crippen LogP contribution in [-0.4, -0.2) is 37.7 Å². The van der Waals surface area contributed by atoms with Crippen molar-refractivity contribution >= 4 is 5.78 Å². The van der Waals surface area contributed by atoms with Crippen LogP contribution in [0.3, 0.4) is 0 Å². The molecule has 17 heavy (non-hydrogen) atoms. The predicted octanol–water partition coefficient (Wildman–Crippen LogP) is 0.203. The van der Waals surface area contributed by atoms with Crippen LogP contribution in [0.5, 0.6) is 0 Å². The average Bonchev–Trinajstić information content (AvgIpc) is 2.93. The number of H-pyrrole nitrogens is 1. The third-order valence-corrected chi connectivity index (χ3v) is 1.79. The molecule has 0 saturated carbocycles. The molecule has 0 aliphatic heterocycles. The first-order valence-electron chi connectivity index (χ1n) is 5.13. The van der Waals surface area contributed by atoms with E-state index in [0.29, 0.717) is 25.1 Å². The summed E-state index contributed by atoms with van der Waals surface area (Å²) in [4.78, 5) is 18.4. The van der Waals surface area contributed by atoms with Gasteiger partial charge in [-0.2, -0.15) is 15.4 Å². The van der Waals surface area contributed by atoms with Crippen molar-refractivity contribution in [3.05, 3.63) is 36.7 Å². The van der Waals surface area contributed by atoms with E-state index in [1.165, 1.54) is 12.5 Å². The summed E-state index contributed by atoms with van der Waals surface area (Å²) >= 11 is 0. The third-order valence-electron chi connectivity index (χ3n) is 1.79. The van der Waals surface area contributed by atoms with Gasteiger partial charge in [0.2, 0.25) is 0 Å². The Morgan fingerprint density at radius 2 is 2.12 bits per heavy atom. The molecule has 2 rings (SSSR count). The average molecular weight is 234 g/mol. The molecule has 0 unspecified atom stereocenters. The zero-order valence-electron chi connectivity index (χ0n) is 9.28. The molecule has 7 nitrogen and oxygen atoms in total. The zero-order valence-corrected chi connectivity index (χ0v) is 9.28. The second-order valence-corrected chi connectivity index (χ2v) is 3.07. The molecule has 0 spiro atoms. The van der Waals surface area contributed by atoms with E-state index in [2.05, 4.69) is 25.4 Å². The Bertz CT molecular complexity index is 375. The van der Waals surface area contributed by atoms with Crippen molar-refractivity contribution < 1.29 is 4.79 Å². The molecule has 2 aromatic heterocycles. The maximum Gasteiger partial charge on any atom is 0.184 e. The van der Waals surface area contributed by atoms with Crippen LogP contribution < -0.4 is 5.73 Å². The lowest BCUT2D eigenvalue weighted by molar-refractivity contribution is 0.0976. The van der Waals surface area contributed by atoms with E-state index >= 15 is 0 Å². The molecule has 0 aliphatic carbocycles. The highest BCUT2D eigenvalue weighted by molar-refractivity contribution is 5.93. The van der Waals surface area contributed by atoms with Gasteiger partial charge in [-0.25, -0.2) is 9.97 Å². The second kappa shape index (κ2) is 8.05. The van der Waals surface area contributed by atoms with Crippen molar-refractivity contribution in [3.8, 4) is 0 Å². The lowest BCUT2D eigenvalue weighted by atomic mass is 10.2. The van der Waals surface area contributed by atoms with Crippen molar-refractivity contribution in [2.75, 3.05) is 6.54 Å². The topological polar surface area (TPSA) is 110 Å². The fourth-order valence-corrected chi connectivity index (χ4v) is 0.980. The van der Waals surface area contributed by atoms with Crippen molar-refractivity contribution in [1.82, 2.24) is 25.4 Å². The summed E-state index contributed by atoms with van der Waals surface area (Å²) in [6, 6.07) is 1.78. The Morgan fingerprint density at radius 3 is 2.53 bits per heavy atom. The smallest absolute Gasteiger partial charge is 0.184 e. The standard InChI is InChI=1S/C6H10N4O.C4H4N2/c7-3-1-2-6(11)5-4-8-10-9-5;1-2-5-4-6-3-1/h4H,1-3,7H2,(H,8,9,10);1-4H. The van der Waals surface area contributed by atoms with Crippen LogP contribution in [0.25, 0.3) is 0 Å². The van der Waals surface area contributed by atoms with Gasteiger partial charge in [0.15, 0.2) is 5.78 Å². The Hall–Kier alpha value is -2.15. The van der Waals surface area contributed by atoms with Crippen LogP contribution in [0.1, 0.15) is 23.3 Å². The maximum absolute atomic E-state index is 11.1. The minimum absolute atomic E-state index is 0.01000. The summed E-state index contributed by atoms with van der Waals surface area (Å²) in [6.07, 6.45) is 7.44. The van der Waals surface area contributed by atoms with E-state index in [4.69, 9.17) is 5.73 Å². The van der Waals surface area contributed by atoms with Crippen LogP contribution >= 0.6 is 0 Å². The summed E-state index contributed by atoms with van der Waals surface area (Å²) in [7, 11) is 0. The number of nitrogens with one attached hydrogen (secondary N) is 1. The molecule has 90 valence electrons. The van der Waals surface area contributed by atoms with E-state index < -0.39 is 0 Å². The number of nitrogens with zero attached hydrogens (tertiary/aromatic N) is 4. The summed E-state index contributed by atoms with van der Waals surface area (Å²) in [5.41, 5.74) is 5.62. The van der Waals surface area contributed by atoms with E-state index in [1.807, 2.05) is 0 Å². The van der Waals surface area contributed by atoms with Gasteiger partial charge in [-0.3, -0.25) is 4.79 Å². The molecule has 0 amide bonds. The highest BCUT2D eigenvalue weighted by atomic mass is 16.1. The number of nitrogens with two attached hydrogens (primary N) is 1. The Balaban J connectivity index is 0.000000202. The fourth-order valence-electron chi connectivity index (χ4n) is 0.980. The number of hydrogen-bond acceptors (Lipinski definition) is 6. The van der Waals surface area contributed by atoms with Gasteiger partial charge in [-0.05, 0) is 19.0 Å². The van der Waals surface area contributed by atoms with Crippen LogP contribution in [0.4, 0.5) is 0 Å². The summed E-state index contributed by atoms with van der Waals surface area (Å²) in [6.45, 7) is 0.531. The number of Topliss-reactive ketones (excluding diaryl/α,β-unsaturated/α-hetero) is 1. The van der Waals surface area contributed by atoms with Crippen LogP contribution in [-0.2, 0) is 0 Å².